The van der Waals surface area contributed by atoms with E-state index in [0.717, 1.165) is 0 Å². The molecule has 2 aromatic carbocycles. The zero-order valence-electron chi connectivity index (χ0n) is 13.8. The van der Waals surface area contributed by atoms with Crippen LogP contribution in [0.1, 0.15) is 15.9 Å². The number of hydrogen-bond acceptors (Lipinski definition) is 5. The number of anilines is 3. The first-order valence-electron chi connectivity index (χ1n) is 8.02. The molecule has 0 unspecified atom stereocenters. The Balaban J connectivity index is 1.65. The molecule has 3 rings (SSSR count). The van der Waals surface area contributed by atoms with Crippen molar-refractivity contribution in [2.75, 3.05) is 17.2 Å². The summed E-state index contributed by atoms with van der Waals surface area (Å²) in [5, 5.41) is 15.3. The lowest BCUT2D eigenvalue weighted by atomic mass is 10.1. The predicted octanol–water partition coefficient (Wildman–Crippen LogP) is 3.71. The summed E-state index contributed by atoms with van der Waals surface area (Å²) in [5.74, 6) is -0.233. The van der Waals surface area contributed by atoms with E-state index in [9.17, 15) is 14.3 Å². The summed E-state index contributed by atoms with van der Waals surface area (Å²) in [5.41, 5.74) is 1.22. The van der Waals surface area contributed by atoms with Crippen molar-refractivity contribution in [3.05, 3.63) is 77.9 Å². The second kappa shape index (κ2) is 8.06. The van der Waals surface area contributed by atoms with Crippen molar-refractivity contribution >= 4 is 23.3 Å². The lowest BCUT2D eigenvalue weighted by Gasteiger charge is -2.10. The van der Waals surface area contributed by atoms with Gasteiger partial charge in [-0.2, -0.15) is 0 Å². The Morgan fingerprint density at radius 2 is 1.77 bits per heavy atom. The number of nitrogens with zero attached hydrogens (tertiary/aromatic N) is 2. The number of aromatic carboxylic acids is 1. The van der Waals surface area contributed by atoms with Crippen molar-refractivity contribution < 1.29 is 14.3 Å². The lowest BCUT2D eigenvalue weighted by Crippen LogP contribution is -2.08. The molecule has 0 aliphatic carbocycles. The van der Waals surface area contributed by atoms with Gasteiger partial charge in [0, 0.05) is 12.6 Å². The smallest absolute Gasteiger partial charge is 0.337 e. The number of aromatic nitrogens is 2. The Morgan fingerprint density at radius 3 is 2.58 bits per heavy atom. The predicted molar refractivity (Wildman–Crippen MR) is 97.3 cm³/mol. The molecule has 1 aromatic heterocycles. The number of carboxylic acid groups (broad SMARTS) is 1. The minimum atomic E-state index is -1.02. The highest BCUT2D eigenvalue weighted by atomic mass is 19.1. The van der Waals surface area contributed by atoms with Gasteiger partial charge in [-0.15, -0.1) is 0 Å². The van der Waals surface area contributed by atoms with Gasteiger partial charge >= 0.3 is 5.97 Å². The molecule has 0 saturated carbocycles. The van der Waals surface area contributed by atoms with Crippen LogP contribution in [0.4, 0.5) is 21.7 Å². The molecule has 0 amide bonds. The highest BCUT2D eigenvalue weighted by Crippen LogP contribution is 2.20. The van der Waals surface area contributed by atoms with Crippen molar-refractivity contribution in [2.45, 2.75) is 6.42 Å². The maximum atomic E-state index is 13.6. The normalized spacial score (nSPS) is 10.3. The summed E-state index contributed by atoms with van der Waals surface area (Å²) >= 11 is 0. The number of halogens is 1. The van der Waals surface area contributed by atoms with Gasteiger partial charge in [0.05, 0.1) is 11.3 Å². The van der Waals surface area contributed by atoms with Crippen LogP contribution in [0.5, 0.6) is 0 Å². The molecule has 132 valence electrons. The van der Waals surface area contributed by atoms with Crippen molar-refractivity contribution in [3.8, 4) is 0 Å². The Kier molecular flexibility index (Phi) is 5.38. The van der Waals surface area contributed by atoms with Gasteiger partial charge in [-0.05, 0) is 30.2 Å². The first kappa shape index (κ1) is 17.3. The van der Waals surface area contributed by atoms with Crippen molar-refractivity contribution in [1.82, 2.24) is 9.97 Å². The third kappa shape index (κ3) is 4.32. The van der Waals surface area contributed by atoms with Crippen LogP contribution in [0.25, 0.3) is 0 Å². The van der Waals surface area contributed by atoms with E-state index >= 15 is 0 Å². The van der Waals surface area contributed by atoms with Crippen LogP contribution < -0.4 is 10.6 Å². The van der Waals surface area contributed by atoms with Gasteiger partial charge in [-0.3, -0.25) is 0 Å². The average Bonchev–Trinajstić information content (AvgIpc) is 2.64. The fourth-order valence-electron chi connectivity index (χ4n) is 2.47. The van der Waals surface area contributed by atoms with Gasteiger partial charge in [0.1, 0.15) is 23.8 Å². The molecule has 7 heteroatoms. The molecule has 0 atom stereocenters. The van der Waals surface area contributed by atoms with E-state index in [0.29, 0.717) is 35.9 Å². The van der Waals surface area contributed by atoms with Crippen LogP contribution in [0.2, 0.25) is 0 Å². The van der Waals surface area contributed by atoms with E-state index in [4.69, 9.17) is 0 Å². The Hall–Kier alpha value is -3.48. The van der Waals surface area contributed by atoms with Gasteiger partial charge in [-0.25, -0.2) is 19.2 Å². The monoisotopic (exact) mass is 352 g/mol. The molecular weight excluding hydrogens is 335 g/mol. The average molecular weight is 352 g/mol. The zero-order valence-corrected chi connectivity index (χ0v) is 13.8. The van der Waals surface area contributed by atoms with E-state index in [1.807, 2.05) is 0 Å². The fraction of sp³-hybridized carbons (Fsp3) is 0.105. The molecule has 0 bridgehead atoms. The molecule has 3 N–H and O–H groups in total. The minimum absolute atomic E-state index is 0.153. The SMILES string of the molecule is O=C(O)c1ccccc1Nc1cc(NCCc2ccccc2F)ncn1. The van der Waals surface area contributed by atoms with Crippen molar-refractivity contribution in [3.63, 3.8) is 0 Å². The van der Waals surface area contributed by atoms with Crippen LogP contribution in [0, 0.1) is 5.82 Å². The summed E-state index contributed by atoms with van der Waals surface area (Å²) in [6, 6.07) is 14.9. The maximum absolute atomic E-state index is 13.6. The summed E-state index contributed by atoms with van der Waals surface area (Å²) in [6.07, 6.45) is 1.89. The molecule has 6 nitrogen and oxygen atoms in total. The van der Waals surface area contributed by atoms with E-state index < -0.39 is 5.97 Å². The largest absolute Gasteiger partial charge is 0.478 e. The van der Waals surface area contributed by atoms with Gasteiger partial charge in [0.15, 0.2) is 0 Å². The molecule has 0 aliphatic rings. The second-order valence-corrected chi connectivity index (χ2v) is 5.53. The number of hydrogen-bond donors (Lipinski definition) is 3. The van der Waals surface area contributed by atoms with E-state index in [1.54, 1.807) is 42.5 Å². The Bertz CT molecular complexity index is 917. The zero-order chi connectivity index (χ0) is 18.4. The van der Waals surface area contributed by atoms with E-state index in [2.05, 4.69) is 20.6 Å². The highest BCUT2D eigenvalue weighted by molar-refractivity contribution is 5.95. The second-order valence-electron chi connectivity index (χ2n) is 5.53. The van der Waals surface area contributed by atoms with Crippen LogP contribution in [-0.4, -0.2) is 27.6 Å². The maximum Gasteiger partial charge on any atom is 0.337 e. The van der Waals surface area contributed by atoms with Crippen molar-refractivity contribution in [2.24, 2.45) is 0 Å². The Labute approximate surface area is 149 Å². The van der Waals surface area contributed by atoms with Gasteiger partial charge < -0.3 is 15.7 Å². The Morgan fingerprint density at radius 1 is 1.04 bits per heavy atom. The standard InChI is InChI=1S/C19H17FN4O2/c20-15-7-3-1-5-13(15)9-10-21-17-11-18(23-12-22-17)24-16-8-4-2-6-14(16)19(25)26/h1-8,11-12H,9-10H2,(H,25,26)(H2,21,22,23,24). The number of carboxylic acids is 1. The van der Waals surface area contributed by atoms with Gasteiger partial charge in [0.25, 0.3) is 0 Å². The number of para-hydroxylation sites is 1. The molecule has 26 heavy (non-hydrogen) atoms. The topological polar surface area (TPSA) is 87.1 Å². The molecule has 0 radical (unpaired) electrons. The molecular formula is C19H17FN4O2. The lowest BCUT2D eigenvalue weighted by molar-refractivity contribution is 0.0698. The summed E-state index contributed by atoms with van der Waals surface area (Å²) < 4.78 is 13.6. The third-order valence-corrected chi connectivity index (χ3v) is 3.75. The molecule has 3 aromatic rings. The van der Waals surface area contributed by atoms with Gasteiger partial charge in [-0.1, -0.05) is 30.3 Å². The molecule has 0 aliphatic heterocycles. The van der Waals surface area contributed by atoms with Crippen molar-refractivity contribution in [1.29, 1.82) is 0 Å². The van der Waals surface area contributed by atoms with Crippen LogP contribution in [0.15, 0.2) is 60.9 Å². The quantitative estimate of drug-likeness (QED) is 0.601. The van der Waals surface area contributed by atoms with E-state index in [-0.39, 0.29) is 11.4 Å². The number of rotatable bonds is 7. The number of nitrogens with one attached hydrogen (secondary N) is 2. The first-order chi connectivity index (χ1) is 12.6. The molecule has 0 spiro atoms. The van der Waals surface area contributed by atoms with Crippen LogP contribution in [-0.2, 0) is 6.42 Å². The first-order valence-corrected chi connectivity index (χ1v) is 8.02. The highest BCUT2D eigenvalue weighted by Gasteiger charge is 2.10. The molecule has 0 fully saturated rings. The summed E-state index contributed by atoms with van der Waals surface area (Å²) in [4.78, 5) is 19.5. The summed E-state index contributed by atoms with van der Waals surface area (Å²) in [6.45, 7) is 0.503. The summed E-state index contributed by atoms with van der Waals surface area (Å²) in [7, 11) is 0. The number of carbonyl (C=O) groups is 1. The fourth-order valence-corrected chi connectivity index (χ4v) is 2.47. The van der Waals surface area contributed by atoms with Crippen LogP contribution in [0.3, 0.4) is 0 Å². The molecule has 1 heterocycles. The minimum Gasteiger partial charge on any atom is -0.478 e. The molecule has 0 saturated heterocycles. The third-order valence-electron chi connectivity index (χ3n) is 3.75. The number of benzene rings is 2. The van der Waals surface area contributed by atoms with Crippen LogP contribution >= 0.6 is 0 Å². The van der Waals surface area contributed by atoms with E-state index in [1.165, 1.54) is 18.5 Å². The van der Waals surface area contributed by atoms with Gasteiger partial charge in [0.2, 0.25) is 0 Å².